The fourth-order valence-electron chi connectivity index (χ4n) is 4.03. The first-order valence-electron chi connectivity index (χ1n) is 11.5. The molecular formula is C25H37NO3. The molecule has 2 rings (SSSR count). The highest BCUT2D eigenvalue weighted by Crippen LogP contribution is 2.42. The lowest BCUT2D eigenvalue weighted by Crippen LogP contribution is -2.31. The molecule has 1 aromatic rings. The maximum atomic E-state index is 12.6. The number of nitrogens with zero attached hydrogens (tertiary/aromatic N) is 1. The lowest BCUT2D eigenvalue weighted by molar-refractivity contribution is -0.140. The number of carbonyl (C=O) groups is 1. The van der Waals surface area contributed by atoms with Gasteiger partial charge in [0.1, 0.15) is 11.5 Å². The number of ether oxygens (including phenoxy) is 2. The van der Waals surface area contributed by atoms with E-state index in [0.29, 0.717) is 12.4 Å². The molecule has 1 aliphatic carbocycles. The van der Waals surface area contributed by atoms with E-state index in [9.17, 15) is 10.1 Å². The van der Waals surface area contributed by atoms with E-state index < -0.39 is 0 Å². The van der Waals surface area contributed by atoms with Crippen LogP contribution in [0.2, 0.25) is 0 Å². The van der Waals surface area contributed by atoms with Crippen LogP contribution in [0.4, 0.5) is 0 Å². The van der Waals surface area contributed by atoms with Gasteiger partial charge in [0, 0.05) is 0 Å². The van der Waals surface area contributed by atoms with Crippen LogP contribution in [0, 0.1) is 22.7 Å². The number of hydrogen-bond acceptors (Lipinski definition) is 4. The highest BCUT2D eigenvalue weighted by Gasteiger charge is 2.37. The molecule has 1 saturated carbocycles. The number of carbonyl (C=O) groups excluding carboxylic acids is 1. The van der Waals surface area contributed by atoms with E-state index in [2.05, 4.69) is 19.9 Å². The minimum atomic E-state index is -0.236. The van der Waals surface area contributed by atoms with Crippen molar-refractivity contribution in [2.24, 2.45) is 11.3 Å². The summed E-state index contributed by atoms with van der Waals surface area (Å²) in [6, 6.07) is 9.85. The molecule has 160 valence electrons. The summed E-state index contributed by atoms with van der Waals surface area (Å²) in [6.07, 6.45) is 12.3. The van der Waals surface area contributed by atoms with Gasteiger partial charge < -0.3 is 9.47 Å². The molecule has 0 unspecified atom stereocenters. The predicted molar refractivity (Wildman–Crippen MR) is 116 cm³/mol. The molecule has 0 saturated heterocycles. The molecule has 0 aromatic heterocycles. The molecule has 0 heterocycles. The average Bonchev–Trinajstić information content (AvgIpc) is 2.75. The summed E-state index contributed by atoms with van der Waals surface area (Å²) in [5, 5.41) is 9.73. The Bertz CT molecular complexity index is 639. The Hall–Kier alpha value is -2.02. The molecule has 0 radical (unpaired) electrons. The van der Waals surface area contributed by atoms with Gasteiger partial charge >= 0.3 is 5.97 Å². The van der Waals surface area contributed by atoms with Crippen LogP contribution >= 0.6 is 0 Å². The van der Waals surface area contributed by atoms with Gasteiger partial charge in [-0.1, -0.05) is 52.4 Å². The zero-order chi connectivity index (χ0) is 21.0. The number of rotatable bonds is 12. The van der Waals surface area contributed by atoms with Crippen molar-refractivity contribution >= 4 is 5.97 Å². The molecule has 4 nitrogen and oxygen atoms in total. The van der Waals surface area contributed by atoms with Gasteiger partial charge in [0.15, 0.2) is 0 Å². The Morgan fingerprint density at radius 1 is 1.00 bits per heavy atom. The Kier molecular flexibility index (Phi) is 10.0. The van der Waals surface area contributed by atoms with E-state index in [0.717, 1.165) is 57.1 Å². The van der Waals surface area contributed by atoms with Crippen LogP contribution < -0.4 is 9.47 Å². The van der Waals surface area contributed by atoms with Crippen molar-refractivity contribution < 1.29 is 14.3 Å². The smallest absolute Gasteiger partial charge is 0.314 e. The summed E-state index contributed by atoms with van der Waals surface area (Å²) in [7, 11) is 0. The van der Waals surface area contributed by atoms with Gasteiger partial charge in [-0.2, -0.15) is 5.26 Å². The first kappa shape index (κ1) is 23.3. The third-order valence-electron chi connectivity index (χ3n) is 6.08. The second-order valence-corrected chi connectivity index (χ2v) is 8.43. The largest absolute Gasteiger partial charge is 0.494 e. The van der Waals surface area contributed by atoms with E-state index in [1.54, 1.807) is 12.1 Å². The van der Waals surface area contributed by atoms with E-state index in [1.165, 1.54) is 25.7 Å². The monoisotopic (exact) mass is 399 g/mol. The van der Waals surface area contributed by atoms with Gasteiger partial charge in [0.25, 0.3) is 0 Å². The van der Waals surface area contributed by atoms with Gasteiger partial charge in [0.2, 0.25) is 0 Å². The maximum absolute atomic E-state index is 12.6. The number of nitriles is 1. The number of hydrogen-bond donors (Lipinski definition) is 0. The standard InChI is InChI=1S/C25H37NO3/c1-3-5-7-8-9-16-25(20-26)17-14-21(15-18-25)24(27)29-23-12-10-22(11-13-23)28-19-6-4-2/h10-13,21H,3-9,14-19H2,1-2H3. The van der Waals surface area contributed by atoms with Crippen LogP contribution in [0.25, 0.3) is 0 Å². The molecule has 1 aromatic carbocycles. The van der Waals surface area contributed by atoms with Gasteiger partial charge in [-0.05, 0) is 62.8 Å². The number of esters is 1. The molecule has 1 fully saturated rings. The normalized spacial score (nSPS) is 21.3. The third kappa shape index (κ3) is 7.72. The summed E-state index contributed by atoms with van der Waals surface area (Å²) < 4.78 is 11.2. The van der Waals surface area contributed by atoms with E-state index in [-0.39, 0.29) is 17.3 Å². The third-order valence-corrected chi connectivity index (χ3v) is 6.08. The molecule has 29 heavy (non-hydrogen) atoms. The predicted octanol–water partition coefficient (Wildman–Crippen LogP) is 6.83. The van der Waals surface area contributed by atoms with Gasteiger partial charge in [-0.15, -0.1) is 0 Å². The van der Waals surface area contributed by atoms with Crippen molar-refractivity contribution in [3.8, 4) is 17.6 Å². The lowest BCUT2D eigenvalue weighted by atomic mass is 9.69. The molecule has 0 spiro atoms. The average molecular weight is 400 g/mol. The van der Waals surface area contributed by atoms with Crippen molar-refractivity contribution in [2.45, 2.75) is 90.9 Å². The second-order valence-electron chi connectivity index (χ2n) is 8.43. The van der Waals surface area contributed by atoms with Gasteiger partial charge in [-0.25, -0.2) is 0 Å². The van der Waals surface area contributed by atoms with Crippen molar-refractivity contribution in [2.75, 3.05) is 6.61 Å². The zero-order valence-corrected chi connectivity index (χ0v) is 18.3. The highest BCUT2D eigenvalue weighted by atomic mass is 16.5. The fraction of sp³-hybridized carbons (Fsp3) is 0.680. The van der Waals surface area contributed by atoms with E-state index in [4.69, 9.17) is 9.47 Å². The quantitative estimate of drug-likeness (QED) is 0.219. The molecular weight excluding hydrogens is 362 g/mol. The number of unbranched alkanes of at least 4 members (excludes halogenated alkanes) is 5. The molecule has 0 amide bonds. The number of benzene rings is 1. The van der Waals surface area contributed by atoms with E-state index in [1.807, 2.05) is 12.1 Å². The minimum Gasteiger partial charge on any atom is -0.494 e. The molecule has 0 bridgehead atoms. The SMILES string of the molecule is CCCCCCCC1(C#N)CCC(C(=O)Oc2ccc(OCCCC)cc2)CC1. The molecule has 0 aliphatic heterocycles. The van der Waals surface area contributed by atoms with Crippen LogP contribution in [-0.4, -0.2) is 12.6 Å². The second kappa shape index (κ2) is 12.5. The topological polar surface area (TPSA) is 59.3 Å². The Morgan fingerprint density at radius 3 is 2.24 bits per heavy atom. The van der Waals surface area contributed by atoms with Crippen LogP contribution in [0.15, 0.2) is 24.3 Å². The summed E-state index contributed by atoms with van der Waals surface area (Å²) in [4.78, 5) is 12.6. The van der Waals surface area contributed by atoms with Crippen molar-refractivity contribution in [3.05, 3.63) is 24.3 Å². The molecule has 0 atom stereocenters. The van der Waals surface area contributed by atoms with Gasteiger partial charge in [-0.3, -0.25) is 4.79 Å². The lowest BCUT2D eigenvalue weighted by Gasteiger charge is -2.34. The summed E-state index contributed by atoms with van der Waals surface area (Å²) >= 11 is 0. The Morgan fingerprint density at radius 2 is 1.62 bits per heavy atom. The molecule has 0 N–H and O–H groups in total. The molecule has 1 aliphatic rings. The van der Waals surface area contributed by atoms with Crippen LogP contribution in [0.1, 0.15) is 90.9 Å². The summed E-state index contributed by atoms with van der Waals surface area (Å²) in [5.74, 6) is 1.09. The van der Waals surface area contributed by atoms with Crippen LogP contribution in [-0.2, 0) is 4.79 Å². The Labute approximate surface area is 176 Å². The maximum Gasteiger partial charge on any atom is 0.314 e. The summed E-state index contributed by atoms with van der Waals surface area (Å²) in [5.41, 5.74) is -0.236. The molecule has 4 heteroatoms. The van der Waals surface area contributed by atoms with Crippen molar-refractivity contribution in [1.82, 2.24) is 0 Å². The van der Waals surface area contributed by atoms with Crippen molar-refractivity contribution in [1.29, 1.82) is 5.26 Å². The zero-order valence-electron chi connectivity index (χ0n) is 18.3. The Balaban J connectivity index is 1.76. The van der Waals surface area contributed by atoms with Crippen molar-refractivity contribution in [3.63, 3.8) is 0 Å². The first-order chi connectivity index (χ1) is 14.1. The summed E-state index contributed by atoms with van der Waals surface area (Å²) in [6.45, 7) is 5.05. The van der Waals surface area contributed by atoms with Gasteiger partial charge in [0.05, 0.1) is 24.0 Å². The highest BCUT2D eigenvalue weighted by molar-refractivity contribution is 5.75. The minimum absolute atomic E-state index is 0.1000. The van der Waals surface area contributed by atoms with E-state index >= 15 is 0 Å². The first-order valence-corrected chi connectivity index (χ1v) is 11.5. The fourth-order valence-corrected chi connectivity index (χ4v) is 4.03. The van der Waals surface area contributed by atoms with Crippen LogP contribution in [0.3, 0.4) is 0 Å². The van der Waals surface area contributed by atoms with Crippen LogP contribution in [0.5, 0.6) is 11.5 Å².